The number of aromatic hydroxyl groups is 1. The van der Waals surface area contributed by atoms with Crippen LogP contribution in [0.1, 0.15) is 37.7 Å². The molecule has 0 radical (unpaired) electrons. The SMILES string of the molecule is OCC1(NCc2cc(O)cc(Cl)c2)CCCCC1. The first-order chi connectivity index (χ1) is 8.63. The lowest BCUT2D eigenvalue weighted by atomic mass is 9.82. The zero-order valence-electron chi connectivity index (χ0n) is 10.5. The Balaban J connectivity index is 2.00. The lowest BCUT2D eigenvalue weighted by Gasteiger charge is -2.36. The molecule has 100 valence electrons. The molecule has 0 spiro atoms. The molecule has 0 saturated heterocycles. The van der Waals surface area contributed by atoms with Crippen LogP contribution in [0.5, 0.6) is 5.75 Å². The standard InChI is InChI=1S/C14H20ClNO2/c15-12-6-11(7-13(18)8-12)9-16-14(10-17)4-2-1-3-5-14/h6-8,16-18H,1-5,9-10H2. The van der Waals surface area contributed by atoms with E-state index >= 15 is 0 Å². The summed E-state index contributed by atoms with van der Waals surface area (Å²) in [5.41, 5.74) is 0.786. The van der Waals surface area contributed by atoms with Crippen LogP contribution in [0.4, 0.5) is 0 Å². The molecule has 18 heavy (non-hydrogen) atoms. The molecule has 1 fully saturated rings. The van der Waals surface area contributed by atoms with Crippen LogP contribution in [0.3, 0.4) is 0 Å². The Morgan fingerprint density at radius 3 is 2.50 bits per heavy atom. The van der Waals surface area contributed by atoms with Crippen LogP contribution in [-0.4, -0.2) is 22.4 Å². The molecule has 0 aliphatic heterocycles. The van der Waals surface area contributed by atoms with Crippen molar-refractivity contribution in [2.75, 3.05) is 6.61 Å². The molecule has 0 bridgehead atoms. The lowest BCUT2D eigenvalue weighted by Crippen LogP contribution is -2.49. The highest BCUT2D eigenvalue weighted by Gasteiger charge is 2.30. The summed E-state index contributed by atoms with van der Waals surface area (Å²) in [5.74, 6) is 0.181. The molecule has 3 nitrogen and oxygen atoms in total. The van der Waals surface area contributed by atoms with Crippen LogP contribution in [0.2, 0.25) is 5.02 Å². The first-order valence-corrected chi connectivity index (χ1v) is 6.86. The highest BCUT2D eigenvalue weighted by molar-refractivity contribution is 6.30. The van der Waals surface area contributed by atoms with Crippen LogP contribution in [0, 0.1) is 0 Å². The number of halogens is 1. The maximum atomic E-state index is 9.59. The molecule has 3 N–H and O–H groups in total. The Morgan fingerprint density at radius 2 is 1.89 bits per heavy atom. The van der Waals surface area contributed by atoms with Gasteiger partial charge in [0, 0.05) is 17.1 Å². The van der Waals surface area contributed by atoms with Gasteiger partial charge in [-0.25, -0.2) is 0 Å². The van der Waals surface area contributed by atoms with Crippen molar-refractivity contribution in [1.29, 1.82) is 0 Å². The molecular formula is C14H20ClNO2. The van der Waals surface area contributed by atoms with Crippen LogP contribution in [-0.2, 0) is 6.54 Å². The molecule has 1 aromatic rings. The molecule has 0 unspecified atom stereocenters. The van der Waals surface area contributed by atoms with Crippen molar-refractivity contribution in [1.82, 2.24) is 5.32 Å². The third kappa shape index (κ3) is 3.37. The highest BCUT2D eigenvalue weighted by atomic mass is 35.5. The Kier molecular flexibility index (Phi) is 4.49. The Morgan fingerprint density at radius 1 is 1.17 bits per heavy atom. The van der Waals surface area contributed by atoms with E-state index in [0.717, 1.165) is 31.2 Å². The van der Waals surface area contributed by atoms with Gasteiger partial charge in [-0.05, 0) is 36.6 Å². The van der Waals surface area contributed by atoms with Gasteiger partial charge in [0.2, 0.25) is 0 Å². The zero-order valence-corrected chi connectivity index (χ0v) is 11.2. The van der Waals surface area contributed by atoms with Crippen molar-refractivity contribution in [2.24, 2.45) is 0 Å². The van der Waals surface area contributed by atoms with E-state index < -0.39 is 0 Å². The number of rotatable bonds is 4. The monoisotopic (exact) mass is 269 g/mol. The van der Waals surface area contributed by atoms with E-state index in [0.29, 0.717) is 11.6 Å². The van der Waals surface area contributed by atoms with E-state index in [1.54, 1.807) is 6.07 Å². The van der Waals surface area contributed by atoms with Crippen LogP contribution >= 0.6 is 11.6 Å². The molecular weight excluding hydrogens is 250 g/mol. The molecule has 0 aromatic heterocycles. The van der Waals surface area contributed by atoms with E-state index in [1.165, 1.54) is 12.5 Å². The molecule has 0 amide bonds. The van der Waals surface area contributed by atoms with Crippen LogP contribution in [0.25, 0.3) is 0 Å². The number of nitrogens with one attached hydrogen (secondary N) is 1. The molecule has 0 atom stereocenters. The Bertz CT molecular complexity index is 383. The second-order valence-electron chi connectivity index (χ2n) is 5.17. The summed E-state index contributed by atoms with van der Waals surface area (Å²) in [6, 6.07) is 5.06. The maximum Gasteiger partial charge on any atom is 0.117 e. The predicted molar refractivity (Wildman–Crippen MR) is 72.9 cm³/mol. The zero-order chi connectivity index (χ0) is 13.0. The van der Waals surface area contributed by atoms with E-state index in [2.05, 4.69) is 5.32 Å². The van der Waals surface area contributed by atoms with Gasteiger partial charge in [0.25, 0.3) is 0 Å². The predicted octanol–water partition coefficient (Wildman–Crippen LogP) is 2.83. The molecule has 1 aliphatic rings. The van der Waals surface area contributed by atoms with Gasteiger partial charge in [-0.2, -0.15) is 0 Å². The molecule has 4 heteroatoms. The third-order valence-electron chi connectivity index (χ3n) is 3.72. The number of phenolic OH excluding ortho intramolecular Hbond substituents is 1. The Labute approximate surface area is 113 Å². The third-order valence-corrected chi connectivity index (χ3v) is 3.94. The van der Waals surface area contributed by atoms with Gasteiger partial charge >= 0.3 is 0 Å². The van der Waals surface area contributed by atoms with E-state index in [1.807, 2.05) is 6.07 Å². The highest BCUT2D eigenvalue weighted by Crippen LogP contribution is 2.28. The first kappa shape index (κ1) is 13.7. The van der Waals surface area contributed by atoms with Gasteiger partial charge in [-0.15, -0.1) is 0 Å². The Hall–Kier alpha value is -0.770. The minimum absolute atomic E-state index is 0.157. The molecule has 2 rings (SSSR count). The van der Waals surface area contributed by atoms with E-state index in [9.17, 15) is 10.2 Å². The number of phenols is 1. The van der Waals surface area contributed by atoms with Gasteiger partial charge in [0.1, 0.15) is 5.75 Å². The number of aliphatic hydroxyl groups excluding tert-OH is 1. The summed E-state index contributed by atoms with van der Waals surface area (Å²) in [4.78, 5) is 0. The number of hydrogen-bond acceptors (Lipinski definition) is 3. The normalized spacial score (nSPS) is 18.8. The smallest absolute Gasteiger partial charge is 0.117 e. The second kappa shape index (κ2) is 5.91. The fourth-order valence-corrected chi connectivity index (χ4v) is 2.90. The van der Waals surface area contributed by atoms with E-state index in [-0.39, 0.29) is 17.9 Å². The van der Waals surface area contributed by atoms with Gasteiger partial charge < -0.3 is 15.5 Å². The fraction of sp³-hybridized carbons (Fsp3) is 0.571. The van der Waals surface area contributed by atoms with Gasteiger partial charge in [0.05, 0.1) is 6.61 Å². The number of benzene rings is 1. The van der Waals surface area contributed by atoms with Crippen molar-refractivity contribution < 1.29 is 10.2 Å². The van der Waals surface area contributed by atoms with Gasteiger partial charge in [0.15, 0.2) is 0 Å². The molecule has 1 aromatic carbocycles. The summed E-state index contributed by atoms with van der Waals surface area (Å²) in [7, 11) is 0. The van der Waals surface area contributed by atoms with Crippen molar-refractivity contribution in [3.8, 4) is 5.75 Å². The fourth-order valence-electron chi connectivity index (χ4n) is 2.64. The summed E-state index contributed by atoms with van der Waals surface area (Å²) in [5, 5.41) is 23.1. The largest absolute Gasteiger partial charge is 0.508 e. The summed E-state index contributed by atoms with van der Waals surface area (Å²) in [6.45, 7) is 0.786. The maximum absolute atomic E-state index is 9.59. The van der Waals surface area contributed by atoms with Crippen LogP contribution < -0.4 is 5.32 Å². The topological polar surface area (TPSA) is 52.5 Å². The average molecular weight is 270 g/mol. The minimum atomic E-state index is -0.157. The van der Waals surface area contributed by atoms with Crippen molar-refractivity contribution in [3.63, 3.8) is 0 Å². The van der Waals surface area contributed by atoms with Crippen molar-refractivity contribution >= 4 is 11.6 Å². The number of aliphatic hydroxyl groups is 1. The lowest BCUT2D eigenvalue weighted by molar-refractivity contribution is 0.119. The average Bonchev–Trinajstić information content (AvgIpc) is 2.36. The molecule has 0 heterocycles. The van der Waals surface area contributed by atoms with Crippen LogP contribution in [0.15, 0.2) is 18.2 Å². The quantitative estimate of drug-likeness (QED) is 0.788. The van der Waals surface area contributed by atoms with Crippen molar-refractivity contribution in [3.05, 3.63) is 28.8 Å². The van der Waals surface area contributed by atoms with Gasteiger partial charge in [-0.3, -0.25) is 0 Å². The van der Waals surface area contributed by atoms with Gasteiger partial charge in [-0.1, -0.05) is 30.9 Å². The second-order valence-corrected chi connectivity index (χ2v) is 5.61. The van der Waals surface area contributed by atoms with Crippen molar-refractivity contribution in [2.45, 2.75) is 44.2 Å². The molecule has 1 aliphatic carbocycles. The summed E-state index contributed by atoms with van der Waals surface area (Å²) >= 11 is 5.90. The summed E-state index contributed by atoms with van der Waals surface area (Å²) in [6.07, 6.45) is 5.59. The van der Waals surface area contributed by atoms with E-state index in [4.69, 9.17) is 11.6 Å². The number of hydrogen-bond donors (Lipinski definition) is 3. The minimum Gasteiger partial charge on any atom is -0.508 e. The first-order valence-electron chi connectivity index (χ1n) is 6.48. The summed E-state index contributed by atoms with van der Waals surface area (Å²) < 4.78 is 0. The molecule has 1 saturated carbocycles.